The van der Waals surface area contributed by atoms with E-state index in [0.717, 1.165) is 31.0 Å². The lowest BCUT2D eigenvalue weighted by Crippen LogP contribution is -2.41. The summed E-state index contributed by atoms with van der Waals surface area (Å²) in [5.41, 5.74) is 0.915. The molecule has 0 radical (unpaired) electrons. The molecule has 1 aliphatic heterocycles. The maximum atomic E-state index is 12.1. The van der Waals surface area contributed by atoms with Gasteiger partial charge in [-0.15, -0.1) is 0 Å². The predicted octanol–water partition coefficient (Wildman–Crippen LogP) is 0.913. The molecule has 2 atom stereocenters. The summed E-state index contributed by atoms with van der Waals surface area (Å²) in [6.07, 6.45) is 0.954. The lowest BCUT2D eigenvalue weighted by molar-refractivity contribution is -0.120. The van der Waals surface area contributed by atoms with E-state index in [9.17, 15) is 4.79 Å². The monoisotopic (exact) mass is 236 g/mol. The van der Waals surface area contributed by atoms with Crippen molar-refractivity contribution in [2.45, 2.75) is 20.3 Å². The summed E-state index contributed by atoms with van der Waals surface area (Å²) < 4.78 is 1.70. The second-order valence-electron chi connectivity index (χ2n) is 4.98. The largest absolute Gasteiger partial charge is 0.316 e. The third kappa shape index (κ3) is 2.85. The van der Waals surface area contributed by atoms with Crippen LogP contribution in [0.2, 0.25) is 0 Å². The van der Waals surface area contributed by atoms with Gasteiger partial charge in [-0.3, -0.25) is 9.48 Å². The molecule has 2 rings (SSSR count). The van der Waals surface area contributed by atoms with Crippen molar-refractivity contribution in [3.05, 3.63) is 11.8 Å². The number of piperidine rings is 1. The van der Waals surface area contributed by atoms with E-state index in [1.54, 1.807) is 4.68 Å². The summed E-state index contributed by atoms with van der Waals surface area (Å²) in [6.45, 7) is 5.86. The Morgan fingerprint density at radius 3 is 2.94 bits per heavy atom. The molecule has 1 aromatic rings. The predicted molar refractivity (Wildman–Crippen MR) is 66.7 cm³/mol. The van der Waals surface area contributed by atoms with Crippen molar-refractivity contribution in [3.8, 4) is 0 Å². The number of hydrogen-bond acceptors (Lipinski definition) is 3. The highest BCUT2D eigenvalue weighted by molar-refractivity contribution is 5.92. The van der Waals surface area contributed by atoms with Gasteiger partial charge in [-0.1, -0.05) is 6.92 Å². The molecule has 1 aliphatic rings. The third-order valence-electron chi connectivity index (χ3n) is 3.19. The Labute approximate surface area is 102 Å². The van der Waals surface area contributed by atoms with Gasteiger partial charge in [0.1, 0.15) is 5.82 Å². The maximum Gasteiger partial charge on any atom is 0.229 e. The van der Waals surface area contributed by atoms with E-state index in [0.29, 0.717) is 5.92 Å². The van der Waals surface area contributed by atoms with Crippen LogP contribution in [-0.2, 0) is 11.8 Å². The number of nitrogens with one attached hydrogen (secondary N) is 2. The molecule has 0 aliphatic carbocycles. The molecule has 1 saturated heterocycles. The van der Waals surface area contributed by atoms with Gasteiger partial charge in [0.2, 0.25) is 5.91 Å². The first kappa shape index (κ1) is 12.1. The van der Waals surface area contributed by atoms with Crippen LogP contribution in [0.5, 0.6) is 0 Å². The average Bonchev–Trinajstić information content (AvgIpc) is 2.57. The summed E-state index contributed by atoms with van der Waals surface area (Å²) in [4.78, 5) is 12.1. The zero-order chi connectivity index (χ0) is 12.4. The normalized spacial score (nSPS) is 24.6. The zero-order valence-electron chi connectivity index (χ0n) is 10.7. The van der Waals surface area contributed by atoms with Crippen LogP contribution in [0.3, 0.4) is 0 Å². The van der Waals surface area contributed by atoms with E-state index in [1.165, 1.54) is 0 Å². The van der Waals surface area contributed by atoms with E-state index < -0.39 is 0 Å². The SMILES string of the molecule is Cc1cc(NC(=O)C2CNCC(C)C2)n(C)n1. The highest BCUT2D eigenvalue weighted by Gasteiger charge is 2.25. The highest BCUT2D eigenvalue weighted by Crippen LogP contribution is 2.18. The number of aromatic nitrogens is 2. The van der Waals surface area contributed by atoms with Crippen molar-refractivity contribution in [2.75, 3.05) is 18.4 Å². The first-order chi connectivity index (χ1) is 8.06. The molecule has 5 nitrogen and oxygen atoms in total. The minimum Gasteiger partial charge on any atom is -0.316 e. The van der Waals surface area contributed by atoms with Crippen molar-refractivity contribution >= 4 is 11.7 Å². The molecule has 0 saturated carbocycles. The van der Waals surface area contributed by atoms with Gasteiger partial charge < -0.3 is 10.6 Å². The molecule has 0 bridgehead atoms. The summed E-state index contributed by atoms with van der Waals surface area (Å²) in [7, 11) is 1.84. The summed E-state index contributed by atoms with van der Waals surface area (Å²) in [5, 5.41) is 10.4. The van der Waals surface area contributed by atoms with Gasteiger partial charge in [-0.05, 0) is 25.8 Å². The van der Waals surface area contributed by atoms with Crippen molar-refractivity contribution in [2.24, 2.45) is 18.9 Å². The van der Waals surface area contributed by atoms with Crippen LogP contribution in [0.15, 0.2) is 6.07 Å². The van der Waals surface area contributed by atoms with Crippen LogP contribution in [-0.4, -0.2) is 28.8 Å². The third-order valence-corrected chi connectivity index (χ3v) is 3.19. The highest BCUT2D eigenvalue weighted by atomic mass is 16.2. The number of anilines is 1. The van der Waals surface area contributed by atoms with Gasteiger partial charge in [0.15, 0.2) is 0 Å². The van der Waals surface area contributed by atoms with Gasteiger partial charge >= 0.3 is 0 Å². The fourth-order valence-corrected chi connectivity index (χ4v) is 2.31. The minimum absolute atomic E-state index is 0.0638. The Morgan fingerprint density at radius 1 is 1.59 bits per heavy atom. The quantitative estimate of drug-likeness (QED) is 0.802. The van der Waals surface area contributed by atoms with Gasteiger partial charge in [-0.2, -0.15) is 5.10 Å². The topological polar surface area (TPSA) is 59.0 Å². The van der Waals surface area contributed by atoms with Crippen LogP contribution in [0.1, 0.15) is 19.0 Å². The molecule has 2 N–H and O–H groups in total. The van der Waals surface area contributed by atoms with Crippen LogP contribution >= 0.6 is 0 Å². The number of amides is 1. The second kappa shape index (κ2) is 4.87. The molecule has 1 amide bonds. The van der Waals surface area contributed by atoms with E-state index in [4.69, 9.17) is 0 Å². The van der Waals surface area contributed by atoms with Gasteiger partial charge in [-0.25, -0.2) is 0 Å². The Kier molecular flexibility index (Phi) is 3.47. The fraction of sp³-hybridized carbons (Fsp3) is 0.667. The summed E-state index contributed by atoms with van der Waals surface area (Å²) >= 11 is 0. The lowest BCUT2D eigenvalue weighted by atomic mass is 9.91. The van der Waals surface area contributed by atoms with E-state index >= 15 is 0 Å². The molecule has 5 heteroatoms. The number of carbonyl (C=O) groups is 1. The molecule has 0 spiro atoms. The molecule has 1 fully saturated rings. The zero-order valence-corrected chi connectivity index (χ0v) is 10.7. The Balaban J connectivity index is 1.99. The minimum atomic E-state index is 0.0638. The average molecular weight is 236 g/mol. The molecular formula is C12H20N4O. The van der Waals surface area contributed by atoms with Gasteiger partial charge in [0.25, 0.3) is 0 Å². The summed E-state index contributed by atoms with van der Waals surface area (Å²) in [6, 6.07) is 1.89. The first-order valence-corrected chi connectivity index (χ1v) is 6.08. The molecular weight excluding hydrogens is 216 g/mol. The number of rotatable bonds is 2. The molecule has 0 aromatic carbocycles. The molecule has 94 valence electrons. The maximum absolute atomic E-state index is 12.1. The van der Waals surface area contributed by atoms with Crippen LogP contribution in [0.4, 0.5) is 5.82 Å². The van der Waals surface area contributed by atoms with E-state index in [2.05, 4.69) is 22.7 Å². The van der Waals surface area contributed by atoms with Crippen molar-refractivity contribution in [1.29, 1.82) is 0 Å². The van der Waals surface area contributed by atoms with E-state index in [1.807, 2.05) is 20.0 Å². The second-order valence-corrected chi connectivity index (χ2v) is 4.98. The van der Waals surface area contributed by atoms with Gasteiger partial charge in [0, 0.05) is 19.7 Å². The number of hydrogen-bond donors (Lipinski definition) is 2. The molecule has 2 heterocycles. The molecule has 2 unspecified atom stereocenters. The van der Waals surface area contributed by atoms with Crippen LogP contribution in [0.25, 0.3) is 0 Å². The molecule has 17 heavy (non-hydrogen) atoms. The Hall–Kier alpha value is -1.36. The van der Waals surface area contributed by atoms with Crippen LogP contribution < -0.4 is 10.6 Å². The van der Waals surface area contributed by atoms with Crippen LogP contribution in [0, 0.1) is 18.8 Å². The summed E-state index contributed by atoms with van der Waals surface area (Å²) in [5.74, 6) is 1.49. The van der Waals surface area contributed by atoms with Crippen molar-refractivity contribution in [1.82, 2.24) is 15.1 Å². The van der Waals surface area contributed by atoms with Crippen molar-refractivity contribution in [3.63, 3.8) is 0 Å². The Bertz CT molecular complexity index is 413. The van der Waals surface area contributed by atoms with E-state index in [-0.39, 0.29) is 11.8 Å². The standard InChI is InChI=1S/C12H20N4O/c1-8-4-10(7-13-6-8)12(17)14-11-5-9(2)15-16(11)3/h5,8,10,13H,4,6-7H2,1-3H3,(H,14,17). The van der Waals surface area contributed by atoms with Gasteiger partial charge in [0.05, 0.1) is 11.6 Å². The molecule has 1 aromatic heterocycles. The lowest BCUT2D eigenvalue weighted by Gasteiger charge is -2.26. The fourth-order valence-electron chi connectivity index (χ4n) is 2.31. The van der Waals surface area contributed by atoms with Crippen molar-refractivity contribution < 1.29 is 4.79 Å². The Morgan fingerprint density at radius 2 is 2.35 bits per heavy atom. The number of aryl methyl sites for hydroxylation is 2. The first-order valence-electron chi connectivity index (χ1n) is 6.08. The number of nitrogens with zero attached hydrogens (tertiary/aromatic N) is 2. The smallest absolute Gasteiger partial charge is 0.229 e. The number of carbonyl (C=O) groups excluding carboxylic acids is 1.